The summed E-state index contributed by atoms with van der Waals surface area (Å²) in [5.74, 6) is -0.469. The Bertz CT molecular complexity index is 739. The molecular weight excluding hydrogens is 278 g/mol. The van der Waals surface area contributed by atoms with Gasteiger partial charge in [0.05, 0.1) is 12.7 Å². The maximum Gasteiger partial charge on any atom is 0.360 e. The van der Waals surface area contributed by atoms with E-state index in [0.717, 1.165) is 11.1 Å². The van der Waals surface area contributed by atoms with Crippen molar-refractivity contribution >= 4 is 5.97 Å². The molecule has 1 heterocycles. The van der Waals surface area contributed by atoms with Crippen LogP contribution in [0.4, 0.5) is 0 Å². The van der Waals surface area contributed by atoms with E-state index < -0.39 is 5.97 Å². The van der Waals surface area contributed by atoms with Gasteiger partial charge in [0.1, 0.15) is 6.61 Å². The van der Waals surface area contributed by atoms with Crippen LogP contribution in [0.25, 0.3) is 0 Å². The van der Waals surface area contributed by atoms with E-state index in [9.17, 15) is 4.79 Å². The van der Waals surface area contributed by atoms with E-state index in [1.165, 1.54) is 0 Å². The highest BCUT2D eigenvalue weighted by Crippen LogP contribution is 2.05. The molecule has 1 aromatic heterocycles. The summed E-state index contributed by atoms with van der Waals surface area (Å²) in [5.41, 5.74) is 2.25. The van der Waals surface area contributed by atoms with Gasteiger partial charge in [0, 0.05) is 0 Å². The first-order valence-electron chi connectivity index (χ1n) is 6.96. The Balaban J connectivity index is 1.60. The molecule has 0 bridgehead atoms. The molecule has 0 amide bonds. The molecule has 0 N–H and O–H groups in total. The molecule has 0 saturated carbocycles. The van der Waals surface area contributed by atoms with Crippen LogP contribution in [-0.4, -0.2) is 21.0 Å². The van der Waals surface area contributed by atoms with Gasteiger partial charge in [-0.05, 0) is 11.1 Å². The summed E-state index contributed by atoms with van der Waals surface area (Å²) in [7, 11) is 0. The number of benzene rings is 2. The third kappa shape index (κ3) is 3.58. The van der Waals surface area contributed by atoms with Gasteiger partial charge in [0.25, 0.3) is 0 Å². The van der Waals surface area contributed by atoms with Crippen LogP contribution in [-0.2, 0) is 17.9 Å². The average Bonchev–Trinajstić information content (AvgIpc) is 3.03. The number of hydrogen-bond acceptors (Lipinski definition) is 4. The lowest BCUT2D eigenvalue weighted by Crippen LogP contribution is -2.05. The SMILES string of the molecule is O=C(OCc1ccccc1)c1cn(Cc2ccccc2)nn1. The topological polar surface area (TPSA) is 57.0 Å². The van der Waals surface area contributed by atoms with E-state index in [4.69, 9.17) is 4.74 Å². The molecule has 22 heavy (non-hydrogen) atoms. The number of esters is 1. The molecular formula is C17H15N3O2. The molecule has 0 saturated heterocycles. The molecule has 0 atom stereocenters. The summed E-state index contributed by atoms with van der Waals surface area (Å²) in [4.78, 5) is 11.9. The summed E-state index contributed by atoms with van der Waals surface area (Å²) >= 11 is 0. The lowest BCUT2D eigenvalue weighted by molar-refractivity contribution is 0.0465. The molecule has 5 heteroatoms. The van der Waals surface area contributed by atoms with Gasteiger partial charge in [-0.15, -0.1) is 5.10 Å². The quantitative estimate of drug-likeness (QED) is 0.679. The Kier molecular flexibility index (Phi) is 4.25. The van der Waals surface area contributed by atoms with E-state index in [0.29, 0.717) is 6.54 Å². The van der Waals surface area contributed by atoms with E-state index in [1.807, 2.05) is 60.7 Å². The summed E-state index contributed by atoms with van der Waals surface area (Å²) in [6.45, 7) is 0.797. The third-order valence-electron chi connectivity index (χ3n) is 3.15. The second-order valence-electron chi connectivity index (χ2n) is 4.85. The van der Waals surface area contributed by atoms with Crippen LogP contribution in [0.2, 0.25) is 0 Å². The highest BCUT2D eigenvalue weighted by atomic mass is 16.5. The molecule has 0 spiro atoms. The van der Waals surface area contributed by atoms with Gasteiger partial charge in [0.2, 0.25) is 0 Å². The third-order valence-corrected chi connectivity index (χ3v) is 3.15. The summed E-state index contributed by atoms with van der Waals surface area (Å²) in [5, 5.41) is 7.82. The predicted molar refractivity (Wildman–Crippen MR) is 81.1 cm³/mol. The Morgan fingerprint density at radius 1 is 0.955 bits per heavy atom. The summed E-state index contributed by atoms with van der Waals surface area (Å²) in [6, 6.07) is 19.4. The number of hydrogen-bond donors (Lipinski definition) is 0. The normalized spacial score (nSPS) is 10.4. The standard InChI is InChI=1S/C17H15N3O2/c21-17(22-13-15-9-5-2-6-10-15)16-12-20(19-18-16)11-14-7-3-1-4-8-14/h1-10,12H,11,13H2. The van der Waals surface area contributed by atoms with Gasteiger partial charge in [0.15, 0.2) is 5.69 Å². The first-order chi connectivity index (χ1) is 10.8. The zero-order chi connectivity index (χ0) is 15.2. The van der Waals surface area contributed by atoms with Gasteiger partial charge in [-0.25, -0.2) is 9.48 Å². The molecule has 0 aliphatic rings. The van der Waals surface area contributed by atoms with E-state index in [2.05, 4.69) is 10.3 Å². The molecule has 0 aliphatic heterocycles. The van der Waals surface area contributed by atoms with Crippen molar-refractivity contribution < 1.29 is 9.53 Å². The number of ether oxygens (including phenoxy) is 1. The largest absolute Gasteiger partial charge is 0.456 e. The van der Waals surface area contributed by atoms with Gasteiger partial charge in [-0.2, -0.15) is 0 Å². The molecule has 3 rings (SSSR count). The molecule has 3 aromatic rings. The Hall–Kier alpha value is -2.95. The Morgan fingerprint density at radius 2 is 1.59 bits per heavy atom. The maximum absolute atomic E-state index is 11.9. The van der Waals surface area contributed by atoms with E-state index in [-0.39, 0.29) is 12.3 Å². The first-order valence-corrected chi connectivity index (χ1v) is 6.96. The minimum absolute atomic E-state index is 0.215. The van der Waals surface area contributed by atoms with Gasteiger partial charge in [-0.3, -0.25) is 0 Å². The van der Waals surface area contributed by atoms with Crippen molar-refractivity contribution in [1.29, 1.82) is 0 Å². The van der Waals surface area contributed by atoms with Crippen molar-refractivity contribution in [3.05, 3.63) is 83.7 Å². The lowest BCUT2D eigenvalue weighted by atomic mass is 10.2. The predicted octanol–water partition coefficient (Wildman–Crippen LogP) is 2.68. The summed E-state index contributed by atoms with van der Waals surface area (Å²) < 4.78 is 6.84. The molecule has 5 nitrogen and oxygen atoms in total. The Labute approximate surface area is 128 Å². The van der Waals surface area contributed by atoms with Crippen molar-refractivity contribution in [3.63, 3.8) is 0 Å². The number of nitrogens with zero attached hydrogens (tertiary/aromatic N) is 3. The highest BCUT2D eigenvalue weighted by Gasteiger charge is 2.12. The van der Waals surface area contributed by atoms with Crippen molar-refractivity contribution in [2.45, 2.75) is 13.2 Å². The van der Waals surface area contributed by atoms with E-state index in [1.54, 1.807) is 10.9 Å². The summed E-state index contributed by atoms with van der Waals surface area (Å²) in [6.07, 6.45) is 1.60. The van der Waals surface area contributed by atoms with Crippen LogP contribution in [0.3, 0.4) is 0 Å². The molecule has 110 valence electrons. The van der Waals surface area contributed by atoms with Crippen LogP contribution in [0.5, 0.6) is 0 Å². The fraction of sp³-hybridized carbons (Fsp3) is 0.118. The van der Waals surface area contributed by atoms with Crippen molar-refractivity contribution in [1.82, 2.24) is 15.0 Å². The average molecular weight is 293 g/mol. The number of rotatable bonds is 5. The zero-order valence-corrected chi connectivity index (χ0v) is 11.9. The molecule has 0 fully saturated rings. The molecule has 2 aromatic carbocycles. The van der Waals surface area contributed by atoms with Crippen LogP contribution in [0.15, 0.2) is 66.9 Å². The van der Waals surface area contributed by atoms with Crippen molar-refractivity contribution in [3.8, 4) is 0 Å². The van der Waals surface area contributed by atoms with E-state index >= 15 is 0 Å². The monoisotopic (exact) mass is 293 g/mol. The number of aromatic nitrogens is 3. The number of carbonyl (C=O) groups is 1. The van der Waals surface area contributed by atoms with Crippen molar-refractivity contribution in [2.24, 2.45) is 0 Å². The van der Waals surface area contributed by atoms with Crippen molar-refractivity contribution in [2.75, 3.05) is 0 Å². The molecule has 0 aliphatic carbocycles. The van der Waals surface area contributed by atoms with Gasteiger partial charge in [-0.1, -0.05) is 65.9 Å². The van der Waals surface area contributed by atoms with Crippen LogP contribution < -0.4 is 0 Å². The Morgan fingerprint density at radius 3 is 2.27 bits per heavy atom. The second kappa shape index (κ2) is 6.67. The zero-order valence-electron chi connectivity index (χ0n) is 11.9. The fourth-order valence-corrected chi connectivity index (χ4v) is 2.04. The minimum atomic E-state index is -0.469. The lowest BCUT2D eigenvalue weighted by Gasteiger charge is -2.02. The first kappa shape index (κ1) is 14.0. The highest BCUT2D eigenvalue weighted by molar-refractivity contribution is 5.86. The van der Waals surface area contributed by atoms with Crippen LogP contribution in [0.1, 0.15) is 21.6 Å². The molecule has 0 unspecified atom stereocenters. The van der Waals surface area contributed by atoms with Crippen LogP contribution >= 0.6 is 0 Å². The van der Waals surface area contributed by atoms with Crippen LogP contribution in [0, 0.1) is 0 Å². The fourth-order valence-electron chi connectivity index (χ4n) is 2.04. The van der Waals surface area contributed by atoms with Gasteiger partial charge < -0.3 is 4.74 Å². The minimum Gasteiger partial charge on any atom is -0.456 e. The van der Waals surface area contributed by atoms with Gasteiger partial charge >= 0.3 is 5.97 Å². The molecule has 0 radical (unpaired) electrons. The number of carbonyl (C=O) groups excluding carboxylic acids is 1. The maximum atomic E-state index is 11.9. The smallest absolute Gasteiger partial charge is 0.360 e. The second-order valence-corrected chi connectivity index (χ2v) is 4.85.